The number of alkyl halides is 3. The average molecular weight is 312 g/mol. The highest BCUT2D eigenvalue weighted by molar-refractivity contribution is 6.33. The summed E-state index contributed by atoms with van der Waals surface area (Å²) >= 11 is 5.81. The third-order valence-corrected chi connectivity index (χ3v) is 2.99. The Morgan fingerprint density at radius 3 is 2.45 bits per heavy atom. The van der Waals surface area contributed by atoms with E-state index in [1.165, 1.54) is 18.2 Å². The largest absolute Gasteiger partial charge is 0.426 e. The molecule has 0 aliphatic rings. The molecule has 0 aliphatic carbocycles. The second-order valence-electron chi connectivity index (χ2n) is 4.31. The van der Waals surface area contributed by atoms with E-state index in [0.717, 1.165) is 0 Å². The molecule has 112 valence electrons. The number of halogens is 4. The first kappa shape index (κ1) is 16.7. The first-order valence-electron chi connectivity index (χ1n) is 5.59. The zero-order valence-electron chi connectivity index (χ0n) is 10.5. The lowest BCUT2D eigenvalue weighted by atomic mass is 10.1. The van der Waals surface area contributed by atoms with E-state index in [0.29, 0.717) is 18.9 Å². The number of nitrogens with one attached hydrogen (secondary N) is 1. The van der Waals surface area contributed by atoms with Gasteiger partial charge in [0.05, 0.1) is 10.7 Å². The number of rotatable bonds is 4. The highest BCUT2D eigenvalue weighted by atomic mass is 35.5. The lowest BCUT2D eigenvalue weighted by Crippen LogP contribution is -2.52. The van der Waals surface area contributed by atoms with Crippen molar-refractivity contribution in [3.05, 3.63) is 28.8 Å². The quantitative estimate of drug-likeness (QED) is 0.798. The monoisotopic (exact) mass is 311 g/mol. The summed E-state index contributed by atoms with van der Waals surface area (Å²) in [6.45, 7) is 0.251. The summed E-state index contributed by atoms with van der Waals surface area (Å²) in [7, 11) is 0. The van der Waals surface area contributed by atoms with Crippen molar-refractivity contribution >= 4 is 23.2 Å². The third kappa shape index (κ3) is 3.62. The lowest BCUT2D eigenvalue weighted by molar-refractivity contribution is -0.242. The topological polar surface area (TPSA) is 69.6 Å². The molecule has 1 aromatic carbocycles. The number of carbonyl (C=O) groups is 1. The number of hydrogen-bond donors (Lipinski definition) is 3. The summed E-state index contributed by atoms with van der Waals surface area (Å²) in [6.07, 6.45) is -4.77. The fourth-order valence-electron chi connectivity index (χ4n) is 1.32. The number of benzene rings is 1. The van der Waals surface area contributed by atoms with Gasteiger partial charge in [-0.05, 0) is 31.0 Å². The zero-order chi connectivity index (χ0) is 15.6. The molecule has 3 N–H and O–H groups in total. The smallest absolute Gasteiger partial charge is 0.396 e. The molecule has 1 amide bonds. The number of hydrogen-bond acceptors (Lipinski definition) is 3. The van der Waals surface area contributed by atoms with Crippen molar-refractivity contribution in [2.75, 3.05) is 11.9 Å². The molecule has 0 fully saturated rings. The maximum atomic E-state index is 12.5. The number of amides is 1. The van der Waals surface area contributed by atoms with Crippen LogP contribution in [0.1, 0.15) is 12.5 Å². The second kappa shape index (κ2) is 5.99. The molecule has 0 aromatic heterocycles. The molecule has 8 heteroatoms. The van der Waals surface area contributed by atoms with E-state index in [9.17, 15) is 23.1 Å². The Bertz CT molecular complexity index is 503. The molecular formula is C12H13ClF3NO3. The van der Waals surface area contributed by atoms with Crippen molar-refractivity contribution in [3.63, 3.8) is 0 Å². The van der Waals surface area contributed by atoms with Gasteiger partial charge in [0.2, 0.25) is 5.60 Å². The molecule has 0 saturated carbocycles. The predicted octanol–water partition coefficient (Wildman–Crippen LogP) is 2.13. The summed E-state index contributed by atoms with van der Waals surface area (Å²) in [5.74, 6) is -1.62. The standard InChI is InChI=1S/C12H13ClF3NO3/c1-11(20,12(14,15)16)10(19)17-9-3-2-7(4-5-18)6-8(9)13/h2-3,6,18,20H,4-5H2,1H3,(H,17,19)/t11-/m1/s1. The van der Waals surface area contributed by atoms with Gasteiger partial charge in [-0.25, -0.2) is 0 Å². The van der Waals surface area contributed by atoms with Crippen molar-refractivity contribution in [3.8, 4) is 0 Å². The summed E-state index contributed by atoms with van der Waals surface area (Å²) in [5, 5.41) is 19.9. The predicted molar refractivity (Wildman–Crippen MR) is 67.6 cm³/mol. The number of aliphatic hydroxyl groups excluding tert-OH is 1. The fraction of sp³-hybridized carbons (Fsp3) is 0.417. The molecule has 1 aromatic rings. The maximum absolute atomic E-state index is 12.5. The molecule has 0 radical (unpaired) electrons. The van der Waals surface area contributed by atoms with Gasteiger partial charge in [0.1, 0.15) is 0 Å². The van der Waals surface area contributed by atoms with E-state index < -0.39 is 17.7 Å². The molecule has 1 rings (SSSR count). The Hall–Kier alpha value is -1.31. The molecule has 0 aliphatic heterocycles. The van der Waals surface area contributed by atoms with E-state index in [1.54, 1.807) is 0 Å². The van der Waals surface area contributed by atoms with Crippen molar-refractivity contribution in [2.24, 2.45) is 0 Å². The van der Waals surface area contributed by atoms with Crippen LogP contribution in [0.3, 0.4) is 0 Å². The van der Waals surface area contributed by atoms with Gasteiger partial charge in [-0.1, -0.05) is 17.7 Å². The molecule has 20 heavy (non-hydrogen) atoms. The van der Waals surface area contributed by atoms with Gasteiger partial charge in [0.25, 0.3) is 5.91 Å². The Balaban J connectivity index is 2.92. The first-order chi connectivity index (χ1) is 9.09. The van der Waals surface area contributed by atoms with Crippen molar-refractivity contribution < 1.29 is 28.2 Å². The van der Waals surface area contributed by atoms with Crippen LogP contribution >= 0.6 is 11.6 Å². The van der Waals surface area contributed by atoms with Crippen LogP contribution in [0, 0.1) is 0 Å². The molecule has 0 saturated heterocycles. The lowest BCUT2D eigenvalue weighted by Gasteiger charge is -2.25. The van der Waals surface area contributed by atoms with Gasteiger partial charge < -0.3 is 15.5 Å². The molecule has 1 atom stereocenters. The van der Waals surface area contributed by atoms with Crippen LogP contribution in [0.25, 0.3) is 0 Å². The number of aliphatic hydroxyl groups is 2. The minimum Gasteiger partial charge on any atom is -0.396 e. The molecule has 0 heterocycles. The van der Waals surface area contributed by atoms with E-state index in [4.69, 9.17) is 16.7 Å². The van der Waals surface area contributed by atoms with Crippen LogP contribution in [0.2, 0.25) is 5.02 Å². The highest BCUT2D eigenvalue weighted by Crippen LogP contribution is 2.32. The van der Waals surface area contributed by atoms with Crippen LogP contribution in [0.5, 0.6) is 0 Å². The Labute approximate surface area is 118 Å². The average Bonchev–Trinajstić information content (AvgIpc) is 2.31. The van der Waals surface area contributed by atoms with Crippen LogP contribution in [0.15, 0.2) is 18.2 Å². The van der Waals surface area contributed by atoms with Crippen molar-refractivity contribution in [2.45, 2.75) is 25.1 Å². The second-order valence-corrected chi connectivity index (χ2v) is 4.72. The molecule has 0 unspecified atom stereocenters. The normalized spacial score (nSPS) is 14.8. The van der Waals surface area contributed by atoms with Gasteiger partial charge in [-0.2, -0.15) is 13.2 Å². The zero-order valence-corrected chi connectivity index (χ0v) is 11.2. The van der Waals surface area contributed by atoms with Gasteiger partial charge in [-0.15, -0.1) is 0 Å². The Morgan fingerprint density at radius 1 is 1.40 bits per heavy atom. The van der Waals surface area contributed by atoms with Gasteiger partial charge in [0.15, 0.2) is 0 Å². The van der Waals surface area contributed by atoms with Crippen LogP contribution in [-0.4, -0.2) is 34.5 Å². The van der Waals surface area contributed by atoms with E-state index in [2.05, 4.69) is 0 Å². The van der Waals surface area contributed by atoms with Crippen molar-refractivity contribution in [1.82, 2.24) is 0 Å². The summed E-state index contributed by atoms with van der Waals surface area (Å²) in [5.41, 5.74) is -2.90. The number of anilines is 1. The van der Waals surface area contributed by atoms with E-state index in [1.807, 2.05) is 5.32 Å². The number of carbonyl (C=O) groups excluding carboxylic acids is 1. The summed E-state index contributed by atoms with van der Waals surface area (Å²) in [4.78, 5) is 11.5. The Morgan fingerprint density at radius 2 is 2.00 bits per heavy atom. The summed E-state index contributed by atoms with van der Waals surface area (Å²) in [6, 6.07) is 4.22. The van der Waals surface area contributed by atoms with Gasteiger partial charge in [0, 0.05) is 6.61 Å². The van der Waals surface area contributed by atoms with Crippen molar-refractivity contribution in [1.29, 1.82) is 0 Å². The molecule has 0 spiro atoms. The van der Waals surface area contributed by atoms with Crippen LogP contribution in [-0.2, 0) is 11.2 Å². The SMILES string of the molecule is C[C@@](O)(C(=O)Nc1ccc(CCO)cc1Cl)C(F)(F)F. The van der Waals surface area contributed by atoms with E-state index >= 15 is 0 Å². The Kier molecular flexibility index (Phi) is 5.01. The fourth-order valence-corrected chi connectivity index (χ4v) is 1.57. The molecule has 4 nitrogen and oxygen atoms in total. The molecule has 0 bridgehead atoms. The summed E-state index contributed by atoms with van der Waals surface area (Å²) < 4.78 is 37.4. The van der Waals surface area contributed by atoms with Crippen LogP contribution in [0.4, 0.5) is 18.9 Å². The third-order valence-electron chi connectivity index (χ3n) is 2.68. The minimum absolute atomic E-state index is 0.0160. The first-order valence-corrected chi connectivity index (χ1v) is 5.97. The maximum Gasteiger partial charge on any atom is 0.426 e. The molecular weight excluding hydrogens is 299 g/mol. The minimum atomic E-state index is -5.10. The van der Waals surface area contributed by atoms with E-state index in [-0.39, 0.29) is 17.3 Å². The van der Waals surface area contributed by atoms with Crippen LogP contribution < -0.4 is 5.32 Å². The van der Waals surface area contributed by atoms with Gasteiger partial charge >= 0.3 is 6.18 Å². The van der Waals surface area contributed by atoms with Gasteiger partial charge in [-0.3, -0.25) is 4.79 Å². The highest BCUT2D eigenvalue weighted by Gasteiger charge is 2.55.